The first kappa shape index (κ1) is 19.8. The van der Waals surface area contributed by atoms with Crippen molar-refractivity contribution in [3.63, 3.8) is 0 Å². The van der Waals surface area contributed by atoms with E-state index in [9.17, 15) is 18.0 Å². The Morgan fingerprint density at radius 3 is 2.55 bits per heavy atom. The number of H-pyrrole nitrogens is 1. The minimum absolute atomic E-state index is 0.229. The van der Waals surface area contributed by atoms with Crippen molar-refractivity contribution in [3.8, 4) is 11.4 Å². The fraction of sp³-hybridized carbons (Fsp3) is 0.333. The van der Waals surface area contributed by atoms with Crippen molar-refractivity contribution in [1.29, 1.82) is 0 Å². The molecular formula is C21H20F3N3OS. The molecule has 0 atom stereocenters. The molecule has 2 aromatic heterocycles. The van der Waals surface area contributed by atoms with Gasteiger partial charge in [0.05, 0.1) is 16.8 Å². The smallest absolute Gasteiger partial charge is 0.306 e. The predicted octanol–water partition coefficient (Wildman–Crippen LogP) is 4.69. The molecule has 4 rings (SSSR count). The molecule has 1 aromatic carbocycles. The summed E-state index contributed by atoms with van der Waals surface area (Å²) in [4.78, 5) is 24.7. The number of thiophene rings is 1. The lowest BCUT2D eigenvalue weighted by atomic mass is 10.1. The summed E-state index contributed by atoms with van der Waals surface area (Å²) in [5.41, 5.74) is 2.15. The summed E-state index contributed by atoms with van der Waals surface area (Å²) in [7, 11) is 0. The number of benzene rings is 1. The van der Waals surface area contributed by atoms with Gasteiger partial charge in [0.25, 0.3) is 5.56 Å². The van der Waals surface area contributed by atoms with Gasteiger partial charge in [-0.3, -0.25) is 9.69 Å². The number of hydrogen-bond acceptors (Lipinski definition) is 4. The van der Waals surface area contributed by atoms with E-state index in [4.69, 9.17) is 0 Å². The number of aromatic amines is 1. The molecule has 0 aliphatic carbocycles. The molecule has 1 aliphatic heterocycles. The number of halogens is 3. The molecule has 0 amide bonds. The Morgan fingerprint density at radius 2 is 1.93 bits per heavy atom. The number of aryl methyl sites for hydroxylation is 2. The summed E-state index contributed by atoms with van der Waals surface area (Å²) in [6.07, 6.45) is -3.76. The van der Waals surface area contributed by atoms with Gasteiger partial charge in [0.1, 0.15) is 5.82 Å². The second-order valence-corrected chi connectivity index (χ2v) is 8.67. The third-order valence-corrected chi connectivity index (χ3v) is 6.37. The maximum Gasteiger partial charge on any atom is 0.416 e. The topological polar surface area (TPSA) is 49.0 Å². The third-order valence-electron chi connectivity index (χ3n) is 5.23. The first-order valence-electron chi connectivity index (χ1n) is 9.28. The van der Waals surface area contributed by atoms with Gasteiger partial charge in [0, 0.05) is 41.4 Å². The molecule has 1 N–H and O–H groups in total. The molecule has 152 valence electrons. The SMILES string of the molecule is Cc1cc(CN2CCc3nc(-c4ccc(C(F)(F)F)cc4)[nH]c(=O)c3C2)sc1C. The Morgan fingerprint density at radius 1 is 1.21 bits per heavy atom. The van der Waals surface area contributed by atoms with Crippen LogP contribution >= 0.6 is 11.3 Å². The van der Waals surface area contributed by atoms with E-state index in [1.54, 1.807) is 11.3 Å². The van der Waals surface area contributed by atoms with Crippen molar-refractivity contribution in [3.05, 3.63) is 72.8 Å². The summed E-state index contributed by atoms with van der Waals surface area (Å²) in [6.45, 7) is 6.29. The average molecular weight is 419 g/mol. The van der Waals surface area contributed by atoms with Crippen molar-refractivity contribution in [2.24, 2.45) is 0 Å². The first-order valence-corrected chi connectivity index (χ1v) is 10.1. The molecule has 29 heavy (non-hydrogen) atoms. The quantitative estimate of drug-likeness (QED) is 0.670. The summed E-state index contributed by atoms with van der Waals surface area (Å²) < 4.78 is 38.3. The summed E-state index contributed by atoms with van der Waals surface area (Å²) in [6, 6.07) is 6.86. The van der Waals surface area contributed by atoms with Gasteiger partial charge in [-0.05, 0) is 37.6 Å². The molecule has 4 nitrogen and oxygen atoms in total. The molecule has 8 heteroatoms. The highest BCUT2D eigenvalue weighted by Crippen LogP contribution is 2.30. The summed E-state index contributed by atoms with van der Waals surface area (Å²) >= 11 is 1.77. The Hall–Kier alpha value is -2.45. The van der Waals surface area contributed by atoms with Crippen LogP contribution < -0.4 is 5.56 Å². The second kappa shape index (κ2) is 7.42. The van der Waals surface area contributed by atoms with Crippen LogP contribution in [0.5, 0.6) is 0 Å². The average Bonchev–Trinajstić information content (AvgIpc) is 2.98. The van der Waals surface area contributed by atoms with Crippen molar-refractivity contribution < 1.29 is 13.2 Å². The monoisotopic (exact) mass is 419 g/mol. The van der Waals surface area contributed by atoms with Gasteiger partial charge < -0.3 is 4.98 Å². The molecule has 0 bridgehead atoms. The van der Waals surface area contributed by atoms with Crippen LogP contribution in [0.4, 0.5) is 13.2 Å². The van der Waals surface area contributed by atoms with Gasteiger partial charge in [-0.2, -0.15) is 13.2 Å². The Labute approximate surface area is 170 Å². The highest BCUT2D eigenvalue weighted by molar-refractivity contribution is 7.12. The molecule has 0 fully saturated rings. The lowest BCUT2D eigenvalue weighted by molar-refractivity contribution is -0.137. The molecule has 0 spiro atoms. The van der Waals surface area contributed by atoms with Crippen molar-refractivity contribution >= 4 is 11.3 Å². The molecule has 1 aliphatic rings. The number of nitrogens with one attached hydrogen (secondary N) is 1. The van der Waals surface area contributed by atoms with E-state index in [-0.39, 0.29) is 5.56 Å². The lowest BCUT2D eigenvalue weighted by Gasteiger charge is -2.27. The van der Waals surface area contributed by atoms with Crippen LogP contribution in [-0.4, -0.2) is 21.4 Å². The molecule has 0 saturated carbocycles. The maximum atomic E-state index is 12.8. The van der Waals surface area contributed by atoms with Gasteiger partial charge in [0.2, 0.25) is 0 Å². The van der Waals surface area contributed by atoms with E-state index in [2.05, 4.69) is 34.8 Å². The highest BCUT2D eigenvalue weighted by atomic mass is 32.1. The standard InChI is InChI=1S/C21H20F3N3OS/c1-12-9-16(29-13(12)2)10-27-8-7-18-17(11-27)20(28)26-19(25-18)14-3-5-15(6-4-14)21(22,23)24/h3-6,9H,7-8,10-11H2,1-2H3,(H,25,26,28). The van der Waals surface area contributed by atoms with Gasteiger partial charge in [-0.15, -0.1) is 11.3 Å². The Kier molecular flexibility index (Phi) is 5.08. The fourth-order valence-corrected chi connectivity index (χ4v) is 4.61. The lowest BCUT2D eigenvalue weighted by Crippen LogP contribution is -2.35. The van der Waals surface area contributed by atoms with E-state index in [0.717, 1.165) is 30.9 Å². The van der Waals surface area contributed by atoms with E-state index < -0.39 is 11.7 Å². The normalized spacial score (nSPS) is 14.8. The van der Waals surface area contributed by atoms with Crippen molar-refractivity contribution in [1.82, 2.24) is 14.9 Å². The molecule has 3 heterocycles. The molecular weight excluding hydrogens is 399 g/mol. The first-order chi connectivity index (χ1) is 13.7. The van der Waals surface area contributed by atoms with E-state index >= 15 is 0 Å². The number of fused-ring (bicyclic) bond motifs is 1. The maximum absolute atomic E-state index is 12.8. The van der Waals surface area contributed by atoms with Crippen LogP contribution in [0.2, 0.25) is 0 Å². The van der Waals surface area contributed by atoms with Crippen LogP contribution in [0.25, 0.3) is 11.4 Å². The van der Waals surface area contributed by atoms with Crippen molar-refractivity contribution in [2.75, 3.05) is 6.54 Å². The van der Waals surface area contributed by atoms with Crippen LogP contribution in [0, 0.1) is 13.8 Å². The minimum Gasteiger partial charge on any atom is -0.306 e. The van der Waals surface area contributed by atoms with Gasteiger partial charge in [-0.25, -0.2) is 4.98 Å². The number of rotatable bonds is 3. The fourth-order valence-electron chi connectivity index (χ4n) is 3.52. The highest BCUT2D eigenvalue weighted by Gasteiger charge is 2.30. The van der Waals surface area contributed by atoms with Crippen LogP contribution in [0.3, 0.4) is 0 Å². The third kappa shape index (κ3) is 4.13. The zero-order valence-electron chi connectivity index (χ0n) is 16.1. The predicted molar refractivity (Wildman–Crippen MR) is 107 cm³/mol. The van der Waals surface area contributed by atoms with Gasteiger partial charge in [-0.1, -0.05) is 12.1 Å². The largest absolute Gasteiger partial charge is 0.416 e. The van der Waals surface area contributed by atoms with Crippen LogP contribution in [0.1, 0.15) is 32.1 Å². The molecule has 0 unspecified atom stereocenters. The summed E-state index contributed by atoms with van der Waals surface area (Å²) in [5, 5.41) is 0. The Balaban J connectivity index is 1.56. The zero-order chi connectivity index (χ0) is 20.8. The van der Waals surface area contributed by atoms with E-state index in [1.807, 2.05) is 0 Å². The molecule has 0 saturated heterocycles. The van der Waals surface area contributed by atoms with Crippen LogP contribution in [-0.2, 0) is 25.7 Å². The van der Waals surface area contributed by atoms with Crippen LogP contribution in [0.15, 0.2) is 35.1 Å². The molecule has 3 aromatic rings. The Bertz CT molecular complexity index is 1080. The number of aromatic nitrogens is 2. The number of nitrogens with zero attached hydrogens (tertiary/aromatic N) is 2. The van der Waals surface area contributed by atoms with Gasteiger partial charge >= 0.3 is 6.18 Å². The number of hydrogen-bond donors (Lipinski definition) is 1. The van der Waals surface area contributed by atoms with E-state index in [1.165, 1.54) is 27.5 Å². The second-order valence-electron chi connectivity index (χ2n) is 7.33. The van der Waals surface area contributed by atoms with Crippen molar-refractivity contribution in [2.45, 2.75) is 39.5 Å². The molecule has 0 radical (unpaired) electrons. The summed E-state index contributed by atoms with van der Waals surface area (Å²) in [5.74, 6) is 0.306. The van der Waals surface area contributed by atoms with Gasteiger partial charge in [0.15, 0.2) is 0 Å². The minimum atomic E-state index is -4.39. The zero-order valence-corrected chi connectivity index (χ0v) is 16.9. The number of alkyl halides is 3. The van der Waals surface area contributed by atoms with E-state index in [0.29, 0.717) is 29.9 Å².